The molecule has 20 heavy (non-hydrogen) atoms. The van der Waals surface area contributed by atoms with Gasteiger partial charge >= 0.3 is 0 Å². The van der Waals surface area contributed by atoms with Gasteiger partial charge in [-0.3, -0.25) is 4.79 Å². The number of benzene rings is 1. The number of likely N-dealkylation sites (tertiary alicyclic amines) is 1. The summed E-state index contributed by atoms with van der Waals surface area (Å²) < 4.78 is 5.66. The predicted molar refractivity (Wildman–Crippen MR) is 79.3 cm³/mol. The highest BCUT2D eigenvalue weighted by atomic mass is 16.5. The minimum absolute atomic E-state index is 0.00874. The summed E-state index contributed by atoms with van der Waals surface area (Å²) in [5.74, 6) is 0.568. The standard InChI is InChI=1S/C15H23N3O2/c16-13-6-1-2-7-14(13)20-10-4-9-18-8-3-5-12(11-18)15(17)19/h1-2,6-7,12H,3-5,8-11,16H2,(H2,17,19). The van der Waals surface area contributed by atoms with Gasteiger partial charge in [-0.25, -0.2) is 0 Å². The van der Waals surface area contributed by atoms with Crippen LogP contribution in [0.4, 0.5) is 5.69 Å². The van der Waals surface area contributed by atoms with Crippen molar-refractivity contribution in [2.24, 2.45) is 11.7 Å². The van der Waals surface area contributed by atoms with E-state index < -0.39 is 0 Å². The molecule has 0 radical (unpaired) electrons. The van der Waals surface area contributed by atoms with Gasteiger partial charge in [-0.2, -0.15) is 0 Å². The number of carbonyl (C=O) groups excluding carboxylic acids is 1. The van der Waals surface area contributed by atoms with Crippen molar-refractivity contribution >= 4 is 11.6 Å². The number of ether oxygens (including phenoxy) is 1. The number of hydrogen-bond acceptors (Lipinski definition) is 4. The normalized spacial score (nSPS) is 19.7. The van der Waals surface area contributed by atoms with E-state index in [0.717, 1.165) is 44.6 Å². The maximum absolute atomic E-state index is 11.2. The van der Waals surface area contributed by atoms with E-state index in [1.807, 2.05) is 24.3 Å². The molecule has 1 aliphatic rings. The van der Waals surface area contributed by atoms with Gasteiger partial charge in [-0.15, -0.1) is 0 Å². The fourth-order valence-corrected chi connectivity index (χ4v) is 2.57. The Morgan fingerprint density at radius 1 is 1.40 bits per heavy atom. The molecule has 0 saturated carbocycles. The van der Waals surface area contributed by atoms with Crippen LogP contribution in [0.25, 0.3) is 0 Å². The van der Waals surface area contributed by atoms with Crippen molar-refractivity contribution in [3.05, 3.63) is 24.3 Å². The number of nitrogens with zero attached hydrogens (tertiary/aromatic N) is 1. The topological polar surface area (TPSA) is 81.6 Å². The smallest absolute Gasteiger partial charge is 0.221 e. The average molecular weight is 277 g/mol. The van der Waals surface area contributed by atoms with Crippen LogP contribution in [-0.2, 0) is 4.79 Å². The zero-order chi connectivity index (χ0) is 14.4. The number of nitrogen functional groups attached to an aromatic ring is 1. The molecule has 0 spiro atoms. The Labute approximate surface area is 119 Å². The average Bonchev–Trinajstić information content (AvgIpc) is 2.45. The molecule has 1 aliphatic heterocycles. The number of amides is 1. The molecule has 1 saturated heterocycles. The number of piperidine rings is 1. The van der Waals surface area contributed by atoms with Crippen LogP contribution in [-0.4, -0.2) is 37.0 Å². The summed E-state index contributed by atoms with van der Waals surface area (Å²) in [6.07, 6.45) is 2.88. The summed E-state index contributed by atoms with van der Waals surface area (Å²) in [5, 5.41) is 0. The Morgan fingerprint density at radius 3 is 2.95 bits per heavy atom. The largest absolute Gasteiger partial charge is 0.491 e. The van der Waals surface area contributed by atoms with E-state index >= 15 is 0 Å². The third-order valence-electron chi connectivity index (χ3n) is 3.70. The van der Waals surface area contributed by atoms with E-state index in [1.54, 1.807) is 0 Å². The van der Waals surface area contributed by atoms with Gasteiger partial charge < -0.3 is 21.1 Å². The van der Waals surface area contributed by atoms with Crippen molar-refractivity contribution in [3.8, 4) is 5.75 Å². The molecule has 1 aromatic carbocycles. The summed E-state index contributed by atoms with van der Waals surface area (Å²) in [6, 6.07) is 7.50. The second-order valence-corrected chi connectivity index (χ2v) is 5.28. The zero-order valence-electron chi connectivity index (χ0n) is 11.8. The Hall–Kier alpha value is -1.75. The fourth-order valence-electron chi connectivity index (χ4n) is 2.57. The molecule has 1 unspecified atom stereocenters. The van der Waals surface area contributed by atoms with Crippen molar-refractivity contribution in [1.82, 2.24) is 4.90 Å². The quantitative estimate of drug-likeness (QED) is 0.605. The highest BCUT2D eigenvalue weighted by molar-refractivity contribution is 5.76. The molecular weight excluding hydrogens is 254 g/mol. The number of rotatable bonds is 6. The summed E-state index contributed by atoms with van der Waals surface area (Å²) in [7, 11) is 0. The van der Waals surface area contributed by atoms with E-state index in [1.165, 1.54) is 0 Å². The molecule has 5 nitrogen and oxygen atoms in total. The Kier molecular flexibility index (Phi) is 5.24. The summed E-state index contributed by atoms with van der Waals surface area (Å²) in [5.41, 5.74) is 11.8. The molecule has 4 N–H and O–H groups in total. The summed E-state index contributed by atoms with van der Waals surface area (Å²) in [4.78, 5) is 13.5. The van der Waals surface area contributed by atoms with E-state index in [9.17, 15) is 4.79 Å². The van der Waals surface area contributed by atoms with Crippen LogP contribution in [0.3, 0.4) is 0 Å². The van der Waals surface area contributed by atoms with E-state index in [2.05, 4.69) is 4.90 Å². The Bertz CT molecular complexity index is 450. The first kappa shape index (κ1) is 14.7. The van der Waals surface area contributed by atoms with Crippen LogP contribution in [0.2, 0.25) is 0 Å². The maximum Gasteiger partial charge on any atom is 0.221 e. The Balaban J connectivity index is 1.68. The lowest BCUT2D eigenvalue weighted by Gasteiger charge is -2.31. The lowest BCUT2D eigenvalue weighted by molar-refractivity contribution is -0.123. The van der Waals surface area contributed by atoms with Gasteiger partial charge in [0.1, 0.15) is 5.75 Å². The summed E-state index contributed by atoms with van der Waals surface area (Å²) in [6.45, 7) is 3.38. The molecule has 0 bridgehead atoms. The zero-order valence-corrected chi connectivity index (χ0v) is 11.8. The molecule has 0 aromatic heterocycles. The van der Waals surface area contributed by atoms with Gasteiger partial charge in [-0.05, 0) is 37.9 Å². The number of anilines is 1. The molecule has 5 heteroatoms. The third-order valence-corrected chi connectivity index (χ3v) is 3.70. The van der Waals surface area contributed by atoms with Crippen molar-refractivity contribution in [2.45, 2.75) is 19.3 Å². The molecule has 1 fully saturated rings. The minimum atomic E-state index is -0.178. The molecule has 1 amide bonds. The van der Waals surface area contributed by atoms with Gasteiger partial charge in [0.15, 0.2) is 0 Å². The highest BCUT2D eigenvalue weighted by Gasteiger charge is 2.23. The van der Waals surface area contributed by atoms with Crippen LogP contribution in [0.1, 0.15) is 19.3 Å². The van der Waals surface area contributed by atoms with Crippen molar-refractivity contribution in [3.63, 3.8) is 0 Å². The van der Waals surface area contributed by atoms with Crippen LogP contribution in [0.5, 0.6) is 5.75 Å². The SMILES string of the molecule is NC(=O)C1CCCN(CCCOc2ccccc2N)C1. The molecule has 1 atom stereocenters. The van der Waals surface area contributed by atoms with Gasteiger partial charge in [0.2, 0.25) is 5.91 Å². The van der Waals surface area contributed by atoms with Gasteiger partial charge in [-0.1, -0.05) is 12.1 Å². The highest BCUT2D eigenvalue weighted by Crippen LogP contribution is 2.20. The van der Waals surface area contributed by atoms with Gasteiger partial charge in [0, 0.05) is 13.1 Å². The van der Waals surface area contributed by atoms with Crippen LogP contribution in [0, 0.1) is 5.92 Å². The first-order chi connectivity index (χ1) is 9.66. The van der Waals surface area contributed by atoms with Crippen molar-refractivity contribution in [1.29, 1.82) is 0 Å². The lowest BCUT2D eigenvalue weighted by atomic mass is 9.97. The van der Waals surface area contributed by atoms with Crippen molar-refractivity contribution in [2.75, 3.05) is 32.0 Å². The molecular formula is C15H23N3O2. The van der Waals surface area contributed by atoms with Gasteiger partial charge in [0.05, 0.1) is 18.2 Å². The van der Waals surface area contributed by atoms with Crippen LogP contribution in [0.15, 0.2) is 24.3 Å². The van der Waals surface area contributed by atoms with Crippen LogP contribution >= 0.6 is 0 Å². The second-order valence-electron chi connectivity index (χ2n) is 5.28. The van der Waals surface area contributed by atoms with Crippen molar-refractivity contribution < 1.29 is 9.53 Å². The van der Waals surface area contributed by atoms with Gasteiger partial charge in [0.25, 0.3) is 0 Å². The van der Waals surface area contributed by atoms with Crippen LogP contribution < -0.4 is 16.2 Å². The molecule has 1 heterocycles. The summed E-state index contributed by atoms with van der Waals surface area (Å²) >= 11 is 0. The van der Waals surface area contributed by atoms with E-state index in [4.69, 9.17) is 16.2 Å². The third kappa shape index (κ3) is 4.13. The Morgan fingerprint density at radius 2 is 2.20 bits per heavy atom. The van der Waals surface area contributed by atoms with E-state index in [-0.39, 0.29) is 11.8 Å². The molecule has 2 rings (SSSR count). The fraction of sp³-hybridized carbons (Fsp3) is 0.533. The number of hydrogen-bond donors (Lipinski definition) is 2. The monoisotopic (exact) mass is 277 g/mol. The number of para-hydroxylation sites is 2. The minimum Gasteiger partial charge on any atom is -0.491 e. The lowest BCUT2D eigenvalue weighted by Crippen LogP contribution is -2.41. The second kappa shape index (κ2) is 7.14. The molecule has 1 aromatic rings. The number of primary amides is 1. The number of carbonyl (C=O) groups is 1. The number of nitrogens with two attached hydrogens (primary N) is 2. The molecule has 110 valence electrons. The molecule has 0 aliphatic carbocycles. The predicted octanol–water partition coefficient (Wildman–Crippen LogP) is 1.23. The maximum atomic E-state index is 11.2. The first-order valence-electron chi connectivity index (χ1n) is 7.16. The first-order valence-corrected chi connectivity index (χ1v) is 7.16. The van der Waals surface area contributed by atoms with E-state index in [0.29, 0.717) is 12.3 Å².